The Morgan fingerprint density at radius 1 is 1.29 bits per heavy atom. The molecule has 0 saturated heterocycles. The van der Waals surface area contributed by atoms with Crippen molar-refractivity contribution in [3.8, 4) is 0 Å². The highest BCUT2D eigenvalue weighted by molar-refractivity contribution is 7.13. The van der Waals surface area contributed by atoms with Gasteiger partial charge in [-0.3, -0.25) is 4.79 Å². The van der Waals surface area contributed by atoms with Gasteiger partial charge < -0.3 is 36.1 Å². The molecule has 2 rings (SSSR count). The van der Waals surface area contributed by atoms with Crippen LogP contribution in [0.5, 0.6) is 0 Å². The number of nitrogens with two attached hydrogens (primary N) is 1. The van der Waals surface area contributed by atoms with Crippen LogP contribution in [0.2, 0.25) is 0 Å². The second-order valence-electron chi connectivity index (χ2n) is 6.71. The summed E-state index contributed by atoms with van der Waals surface area (Å²) in [6.45, 7) is 2.42. The largest absolute Gasteiger partial charge is 0.480 e. The van der Waals surface area contributed by atoms with E-state index in [2.05, 4.69) is 15.5 Å². The smallest absolute Gasteiger partial charge is 0.478 e. The number of hydrogen-bond donors (Lipinski definition) is 6. The van der Waals surface area contributed by atoms with E-state index >= 15 is 0 Å². The number of carboxylic acids is 2. The van der Waals surface area contributed by atoms with Crippen molar-refractivity contribution >= 4 is 47.1 Å². The lowest BCUT2D eigenvalue weighted by Gasteiger charge is -2.20. The quantitative estimate of drug-likeness (QED) is 0.170. The molecule has 0 unspecified atom stereocenters. The third-order valence-corrected chi connectivity index (χ3v) is 4.61. The van der Waals surface area contributed by atoms with Crippen molar-refractivity contribution in [2.75, 3.05) is 5.73 Å². The minimum absolute atomic E-state index is 0.0355. The van der Waals surface area contributed by atoms with E-state index < -0.39 is 42.2 Å². The Morgan fingerprint density at radius 2 is 1.97 bits per heavy atom. The van der Waals surface area contributed by atoms with Gasteiger partial charge in [-0.1, -0.05) is 17.3 Å². The summed E-state index contributed by atoms with van der Waals surface area (Å²) >= 11 is 0.986. The maximum Gasteiger partial charge on any atom is 0.480 e. The van der Waals surface area contributed by atoms with Gasteiger partial charge in [-0.05, 0) is 31.5 Å². The number of nitrogen functional groups attached to an aromatic ring is 1. The topological polar surface area (TPSA) is 205 Å². The molecule has 0 fully saturated rings. The summed E-state index contributed by atoms with van der Waals surface area (Å²) in [5.74, 6) is -5.03. The first-order chi connectivity index (χ1) is 14.4. The van der Waals surface area contributed by atoms with Crippen LogP contribution in [0, 0.1) is 0 Å². The monoisotopic (exact) mass is 450 g/mol. The Hall–Kier alpha value is -3.49. The summed E-state index contributed by atoms with van der Waals surface area (Å²) in [6.07, 6.45) is 0. The van der Waals surface area contributed by atoms with Crippen molar-refractivity contribution in [1.82, 2.24) is 10.3 Å². The molecule has 0 bridgehead atoms. The summed E-state index contributed by atoms with van der Waals surface area (Å²) in [7, 11) is -2.11. The highest BCUT2D eigenvalue weighted by Crippen LogP contribution is 2.19. The van der Waals surface area contributed by atoms with Crippen LogP contribution in [0.1, 0.15) is 41.4 Å². The number of hydrogen-bond acceptors (Lipinski definition) is 10. The van der Waals surface area contributed by atoms with E-state index in [1.54, 1.807) is 0 Å². The molecular formula is C17H19BN4O8S. The number of carbonyl (C=O) groups is 3. The number of amides is 1. The Morgan fingerprint density at radius 3 is 2.48 bits per heavy atom. The maximum atomic E-state index is 12.9. The van der Waals surface area contributed by atoms with Crippen LogP contribution in [0.4, 0.5) is 5.13 Å². The fourth-order valence-electron chi connectivity index (χ4n) is 2.20. The molecule has 1 aromatic heterocycles. The first-order valence-electron chi connectivity index (χ1n) is 8.63. The molecule has 7 N–H and O–H groups in total. The lowest BCUT2D eigenvalue weighted by Crippen LogP contribution is -2.43. The zero-order chi connectivity index (χ0) is 23.3. The summed E-state index contributed by atoms with van der Waals surface area (Å²) in [5, 5.41) is 45.2. The van der Waals surface area contributed by atoms with Gasteiger partial charge in [-0.2, -0.15) is 0 Å². The highest BCUT2D eigenvalue weighted by Gasteiger charge is 2.33. The lowest BCUT2D eigenvalue weighted by molar-refractivity contribution is -0.161. The predicted molar refractivity (Wildman–Crippen MR) is 110 cm³/mol. The van der Waals surface area contributed by atoms with E-state index in [4.69, 9.17) is 20.8 Å². The zero-order valence-electron chi connectivity index (χ0n) is 16.3. The first-order valence-corrected chi connectivity index (χ1v) is 9.51. The SMILES string of the molecule is CC(C)(O/N=C(/C(=O)N[C@H](B(O)O)c1cccc(C(=O)O)c1)c1csc(N)n1)C(=O)O. The highest BCUT2D eigenvalue weighted by atomic mass is 32.1. The van der Waals surface area contributed by atoms with E-state index in [1.165, 1.54) is 37.4 Å². The average molecular weight is 450 g/mol. The van der Waals surface area contributed by atoms with Gasteiger partial charge in [0.1, 0.15) is 5.69 Å². The van der Waals surface area contributed by atoms with Crippen molar-refractivity contribution < 1.29 is 39.5 Å². The summed E-state index contributed by atoms with van der Waals surface area (Å²) in [5.41, 5.74) is 3.25. The minimum atomic E-state index is -2.11. The number of anilines is 1. The van der Waals surface area contributed by atoms with Gasteiger partial charge in [-0.25, -0.2) is 14.6 Å². The molecule has 0 aliphatic heterocycles. The van der Waals surface area contributed by atoms with Crippen molar-refractivity contribution in [1.29, 1.82) is 0 Å². The standard InChI is InChI=1S/C17H19BN4O8S/c1-17(2,15(26)27)30-22-11(10-7-31-16(19)20-10)13(23)21-12(18(28)29)8-4-3-5-9(6-8)14(24)25/h3-7,12,28-29H,1-2H3,(H2,19,20)(H,21,23)(H,24,25)(H,26,27)/b22-11+/t12-/m0/s1. The number of benzene rings is 1. The normalized spacial score (nSPS) is 12.7. The Labute approximate surface area is 180 Å². The van der Waals surface area contributed by atoms with E-state index in [0.29, 0.717) is 0 Å². The molecular weight excluding hydrogens is 431 g/mol. The molecule has 1 aromatic carbocycles. The average Bonchev–Trinajstić information content (AvgIpc) is 3.11. The number of rotatable bonds is 9. The molecule has 31 heavy (non-hydrogen) atoms. The number of oxime groups is 1. The van der Waals surface area contributed by atoms with Crippen LogP contribution in [0.25, 0.3) is 0 Å². The maximum absolute atomic E-state index is 12.9. The fraction of sp³-hybridized carbons (Fsp3) is 0.235. The summed E-state index contributed by atoms with van der Waals surface area (Å²) < 4.78 is 0. The van der Waals surface area contributed by atoms with Crippen LogP contribution in [0.15, 0.2) is 34.8 Å². The molecule has 1 amide bonds. The number of nitrogens with one attached hydrogen (secondary N) is 1. The molecule has 12 nitrogen and oxygen atoms in total. The number of carboxylic acid groups (broad SMARTS) is 2. The van der Waals surface area contributed by atoms with Crippen LogP contribution in [0.3, 0.4) is 0 Å². The lowest BCUT2D eigenvalue weighted by atomic mass is 9.74. The third-order valence-electron chi connectivity index (χ3n) is 3.94. The van der Waals surface area contributed by atoms with Crippen molar-refractivity contribution in [3.05, 3.63) is 46.5 Å². The second kappa shape index (κ2) is 9.55. The van der Waals surface area contributed by atoms with Gasteiger partial charge in [0.05, 0.1) is 11.5 Å². The van der Waals surface area contributed by atoms with Crippen molar-refractivity contribution in [2.45, 2.75) is 25.4 Å². The number of thiazole rings is 1. The van der Waals surface area contributed by atoms with Crippen LogP contribution in [-0.4, -0.2) is 61.5 Å². The van der Waals surface area contributed by atoms with Gasteiger partial charge >= 0.3 is 19.1 Å². The Kier molecular flexibility index (Phi) is 7.33. The molecule has 14 heteroatoms. The van der Waals surface area contributed by atoms with Crippen LogP contribution in [-0.2, 0) is 14.4 Å². The molecule has 164 valence electrons. The molecule has 0 radical (unpaired) electrons. The Bertz CT molecular complexity index is 1020. The van der Waals surface area contributed by atoms with Gasteiger partial charge in [0.2, 0.25) is 5.60 Å². The number of nitrogens with zero attached hydrogens (tertiary/aromatic N) is 2. The minimum Gasteiger partial charge on any atom is -0.478 e. The number of aliphatic carboxylic acids is 1. The van der Waals surface area contributed by atoms with Gasteiger partial charge in [0, 0.05) is 5.38 Å². The number of aromatic carboxylic acids is 1. The first kappa shape index (κ1) is 23.8. The van der Waals surface area contributed by atoms with E-state index in [-0.39, 0.29) is 22.0 Å². The number of aromatic nitrogens is 1. The van der Waals surface area contributed by atoms with Crippen molar-refractivity contribution in [2.24, 2.45) is 5.16 Å². The number of carbonyl (C=O) groups excluding carboxylic acids is 1. The molecule has 0 aliphatic rings. The summed E-state index contributed by atoms with van der Waals surface area (Å²) in [6, 6.07) is 5.21. The summed E-state index contributed by atoms with van der Waals surface area (Å²) in [4.78, 5) is 44.2. The molecule has 0 saturated carbocycles. The fourth-order valence-corrected chi connectivity index (χ4v) is 2.75. The molecule has 0 spiro atoms. The van der Waals surface area contributed by atoms with Crippen LogP contribution >= 0.6 is 11.3 Å². The van der Waals surface area contributed by atoms with E-state index in [9.17, 15) is 24.4 Å². The van der Waals surface area contributed by atoms with E-state index in [0.717, 1.165) is 17.4 Å². The Balaban J connectivity index is 2.39. The molecule has 1 atom stereocenters. The van der Waals surface area contributed by atoms with Gasteiger partial charge in [0.25, 0.3) is 5.91 Å². The molecule has 1 heterocycles. The van der Waals surface area contributed by atoms with Crippen LogP contribution < -0.4 is 11.1 Å². The second-order valence-corrected chi connectivity index (χ2v) is 7.60. The molecule has 2 aromatic rings. The zero-order valence-corrected chi connectivity index (χ0v) is 17.2. The van der Waals surface area contributed by atoms with Gasteiger partial charge in [0.15, 0.2) is 10.8 Å². The van der Waals surface area contributed by atoms with Gasteiger partial charge in [-0.15, -0.1) is 11.3 Å². The van der Waals surface area contributed by atoms with Crippen molar-refractivity contribution in [3.63, 3.8) is 0 Å². The predicted octanol–water partition coefficient (Wildman–Crippen LogP) is -0.123. The third kappa shape index (κ3) is 6.00. The van der Waals surface area contributed by atoms with E-state index in [1.807, 2.05) is 0 Å². The molecule has 0 aliphatic carbocycles.